The molecule has 2 atom stereocenters. The molecule has 2 heterocycles. The third-order valence-corrected chi connectivity index (χ3v) is 4.17. The molecule has 88 valence electrons. The number of thiazole rings is 1. The Labute approximate surface area is 104 Å². The van der Waals surface area contributed by atoms with Crippen LogP contribution >= 0.6 is 11.3 Å². The van der Waals surface area contributed by atoms with E-state index in [1.165, 1.54) is 17.8 Å². The number of nitrogens with two attached hydrogens (primary N) is 1. The number of hydrogen-bond donors (Lipinski definition) is 1. The van der Waals surface area contributed by atoms with Gasteiger partial charge in [0.1, 0.15) is 5.82 Å². The molecule has 17 heavy (non-hydrogen) atoms. The summed E-state index contributed by atoms with van der Waals surface area (Å²) < 4.78 is 0. The average molecular weight is 246 g/mol. The Hall–Kier alpha value is -1.49. The number of anilines is 1. The first kappa shape index (κ1) is 10.7. The average Bonchev–Trinajstić information content (AvgIpc) is 2.93. The van der Waals surface area contributed by atoms with Crippen molar-refractivity contribution < 1.29 is 0 Å². The largest absolute Gasteiger partial charge is 0.375 e. The van der Waals surface area contributed by atoms with Crippen LogP contribution in [0.15, 0.2) is 12.3 Å². The van der Waals surface area contributed by atoms with E-state index in [-0.39, 0.29) is 0 Å². The Morgan fingerprint density at radius 3 is 2.76 bits per heavy atom. The van der Waals surface area contributed by atoms with Gasteiger partial charge in [0.15, 0.2) is 5.13 Å². The molecular formula is C12H14N4S. The van der Waals surface area contributed by atoms with Crippen molar-refractivity contribution in [2.24, 2.45) is 5.92 Å². The van der Waals surface area contributed by atoms with E-state index in [1.807, 2.05) is 19.2 Å². The van der Waals surface area contributed by atoms with Gasteiger partial charge in [-0.05, 0) is 25.3 Å². The van der Waals surface area contributed by atoms with Gasteiger partial charge in [0.2, 0.25) is 0 Å². The molecule has 2 N–H and O–H groups in total. The summed E-state index contributed by atoms with van der Waals surface area (Å²) in [6.45, 7) is 4.19. The number of rotatable bonds is 2. The molecule has 0 radical (unpaired) electrons. The maximum absolute atomic E-state index is 5.71. The van der Waals surface area contributed by atoms with Gasteiger partial charge in [0.05, 0.1) is 16.3 Å². The van der Waals surface area contributed by atoms with Crippen molar-refractivity contribution in [2.45, 2.75) is 26.2 Å². The third kappa shape index (κ3) is 1.91. The molecule has 5 heteroatoms. The van der Waals surface area contributed by atoms with Crippen LogP contribution in [0.5, 0.6) is 0 Å². The van der Waals surface area contributed by atoms with E-state index in [9.17, 15) is 0 Å². The topological polar surface area (TPSA) is 64.7 Å². The van der Waals surface area contributed by atoms with Crippen LogP contribution in [0, 0.1) is 12.8 Å². The van der Waals surface area contributed by atoms with Gasteiger partial charge in [-0.15, -0.1) is 0 Å². The van der Waals surface area contributed by atoms with Gasteiger partial charge in [-0.1, -0.05) is 18.3 Å². The van der Waals surface area contributed by atoms with Gasteiger partial charge in [-0.25, -0.2) is 15.0 Å². The van der Waals surface area contributed by atoms with Crippen molar-refractivity contribution >= 4 is 16.5 Å². The molecule has 2 aromatic rings. The van der Waals surface area contributed by atoms with Gasteiger partial charge in [-0.2, -0.15) is 0 Å². The molecular weight excluding hydrogens is 232 g/mol. The van der Waals surface area contributed by atoms with Crippen LogP contribution < -0.4 is 5.73 Å². The second kappa shape index (κ2) is 3.77. The Balaban J connectivity index is 2.00. The Bertz CT molecular complexity index is 563. The minimum Gasteiger partial charge on any atom is -0.375 e. The van der Waals surface area contributed by atoms with E-state index in [4.69, 9.17) is 5.73 Å². The second-order valence-electron chi connectivity index (χ2n) is 4.59. The molecule has 1 fully saturated rings. The summed E-state index contributed by atoms with van der Waals surface area (Å²) in [6, 6.07) is 1.93. The summed E-state index contributed by atoms with van der Waals surface area (Å²) in [6.07, 6.45) is 3.03. The van der Waals surface area contributed by atoms with Gasteiger partial charge >= 0.3 is 0 Å². The summed E-state index contributed by atoms with van der Waals surface area (Å²) >= 11 is 1.49. The van der Waals surface area contributed by atoms with E-state index in [2.05, 4.69) is 21.9 Å². The van der Waals surface area contributed by atoms with Crippen molar-refractivity contribution in [1.82, 2.24) is 15.0 Å². The van der Waals surface area contributed by atoms with Crippen LogP contribution in [-0.2, 0) is 0 Å². The molecule has 0 saturated heterocycles. The highest BCUT2D eigenvalue weighted by molar-refractivity contribution is 7.18. The lowest BCUT2D eigenvalue weighted by Crippen LogP contribution is -1.94. The number of aryl methyl sites for hydroxylation is 1. The normalized spacial score (nSPS) is 22.7. The summed E-state index contributed by atoms with van der Waals surface area (Å²) in [5, 5.41) is 0.595. The van der Waals surface area contributed by atoms with E-state index in [0.717, 1.165) is 28.0 Å². The molecule has 0 bridgehead atoms. The maximum atomic E-state index is 5.71. The monoisotopic (exact) mass is 246 g/mol. The van der Waals surface area contributed by atoms with Crippen molar-refractivity contribution in [3.8, 4) is 10.6 Å². The van der Waals surface area contributed by atoms with Crippen molar-refractivity contribution in [2.75, 3.05) is 5.73 Å². The molecule has 4 nitrogen and oxygen atoms in total. The van der Waals surface area contributed by atoms with Crippen LogP contribution in [0.4, 0.5) is 5.13 Å². The molecule has 0 aliphatic heterocycles. The van der Waals surface area contributed by atoms with Gasteiger partial charge in [-0.3, -0.25) is 0 Å². The Morgan fingerprint density at radius 1 is 1.41 bits per heavy atom. The predicted molar refractivity (Wildman–Crippen MR) is 68.8 cm³/mol. The molecule has 0 aromatic carbocycles. The highest BCUT2D eigenvalue weighted by atomic mass is 32.1. The van der Waals surface area contributed by atoms with Crippen molar-refractivity contribution in [3.63, 3.8) is 0 Å². The second-order valence-corrected chi connectivity index (χ2v) is 5.62. The molecule has 3 rings (SSSR count). The Morgan fingerprint density at radius 2 is 2.18 bits per heavy atom. The van der Waals surface area contributed by atoms with Crippen molar-refractivity contribution in [1.29, 1.82) is 0 Å². The minimum atomic E-state index is 0.542. The molecule has 2 aromatic heterocycles. The fourth-order valence-corrected chi connectivity index (χ4v) is 2.82. The lowest BCUT2D eigenvalue weighted by Gasteiger charge is -2.01. The highest BCUT2D eigenvalue weighted by Crippen LogP contribution is 2.45. The number of aromatic nitrogens is 3. The van der Waals surface area contributed by atoms with E-state index in [0.29, 0.717) is 11.0 Å². The third-order valence-electron chi connectivity index (χ3n) is 3.16. The van der Waals surface area contributed by atoms with Crippen LogP contribution in [0.3, 0.4) is 0 Å². The van der Waals surface area contributed by atoms with E-state index >= 15 is 0 Å². The fourth-order valence-electron chi connectivity index (χ4n) is 2.02. The molecule has 0 spiro atoms. The standard InChI is InChI=1S/C12H14N4S/c1-6-5-8(6)11-14-4-3-9(16-11)10-7(2)15-12(13)17-10/h3-4,6,8H,5H2,1-2H3,(H2,13,15)/t6-,8+/m0/s1. The number of nitrogens with zero attached hydrogens (tertiary/aromatic N) is 3. The fraction of sp³-hybridized carbons (Fsp3) is 0.417. The van der Waals surface area contributed by atoms with Crippen LogP contribution in [0.1, 0.15) is 30.8 Å². The first-order chi connectivity index (χ1) is 8.15. The SMILES string of the molecule is Cc1nc(N)sc1-c1ccnc([C@@H]2C[C@@H]2C)n1. The van der Waals surface area contributed by atoms with E-state index in [1.54, 1.807) is 0 Å². The molecule has 0 amide bonds. The highest BCUT2D eigenvalue weighted by Gasteiger charge is 2.36. The Kier molecular flexibility index (Phi) is 2.36. The summed E-state index contributed by atoms with van der Waals surface area (Å²) in [5.41, 5.74) is 7.60. The zero-order chi connectivity index (χ0) is 12.0. The van der Waals surface area contributed by atoms with Gasteiger partial charge in [0.25, 0.3) is 0 Å². The first-order valence-corrected chi connectivity index (χ1v) is 6.53. The van der Waals surface area contributed by atoms with Gasteiger partial charge < -0.3 is 5.73 Å². The summed E-state index contributed by atoms with van der Waals surface area (Å²) in [5.74, 6) is 2.22. The van der Waals surface area contributed by atoms with E-state index < -0.39 is 0 Å². The lowest BCUT2D eigenvalue weighted by atomic mass is 10.2. The number of hydrogen-bond acceptors (Lipinski definition) is 5. The lowest BCUT2D eigenvalue weighted by molar-refractivity contribution is 0.844. The zero-order valence-corrected chi connectivity index (χ0v) is 10.7. The first-order valence-electron chi connectivity index (χ1n) is 5.71. The smallest absolute Gasteiger partial charge is 0.180 e. The van der Waals surface area contributed by atoms with Crippen LogP contribution in [-0.4, -0.2) is 15.0 Å². The molecule has 0 unspecified atom stereocenters. The molecule has 1 aliphatic carbocycles. The maximum Gasteiger partial charge on any atom is 0.180 e. The quantitative estimate of drug-likeness (QED) is 0.884. The van der Waals surface area contributed by atoms with Crippen LogP contribution in [0.2, 0.25) is 0 Å². The number of nitrogen functional groups attached to an aromatic ring is 1. The minimum absolute atomic E-state index is 0.542. The zero-order valence-electron chi connectivity index (χ0n) is 9.84. The molecule has 1 aliphatic rings. The predicted octanol–water partition coefficient (Wildman–Crippen LogP) is 2.61. The van der Waals surface area contributed by atoms with Gasteiger partial charge in [0, 0.05) is 12.1 Å². The van der Waals surface area contributed by atoms with Crippen LogP contribution in [0.25, 0.3) is 10.6 Å². The molecule has 1 saturated carbocycles. The summed E-state index contributed by atoms with van der Waals surface area (Å²) in [7, 11) is 0. The summed E-state index contributed by atoms with van der Waals surface area (Å²) in [4.78, 5) is 14.3. The van der Waals surface area contributed by atoms with Crippen molar-refractivity contribution in [3.05, 3.63) is 23.8 Å².